The molecule has 20 heavy (non-hydrogen) atoms. The third-order valence-electron chi connectivity index (χ3n) is 2.66. The van der Waals surface area contributed by atoms with Crippen LogP contribution in [0.4, 0.5) is 0 Å². The molecule has 0 fully saturated rings. The zero-order valence-corrected chi connectivity index (χ0v) is 14.9. The van der Waals surface area contributed by atoms with Gasteiger partial charge in [-0.2, -0.15) is 25.1 Å². The van der Waals surface area contributed by atoms with E-state index in [-0.39, 0.29) is 46.5 Å². The second kappa shape index (κ2) is 15.2. The van der Waals surface area contributed by atoms with E-state index in [1.54, 1.807) is 0 Å². The summed E-state index contributed by atoms with van der Waals surface area (Å²) >= 11 is 0. The number of rotatable bonds is 3. The molecule has 0 radical (unpaired) electrons. The molecule has 4 heteroatoms. The predicted octanol–water partition coefficient (Wildman–Crippen LogP) is -0.944. The summed E-state index contributed by atoms with van der Waals surface area (Å²) in [6.07, 6.45) is 9.68. The average Bonchev–Trinajstić information content (AvgIpc) is 2.85. The molecule has 1 nitrogen and oxygen atoms in total. The number of hydrogen-bond donors (Lipinski definition) is 0. The fourth-order valence-corrected chi connectivity index (χ4v) is 1.66. The molecule has 0 amide bonds. The van der Waals surface area contributed by atoms with E-state index in [4.69, 9.17) is 5.73 Å². The minimum atomic E-state index is 0. The Hall–Kier alpha value is -0.176. The normalized spacial score (nSPS) is 11.0. The predicted molar refractivity (Wildman–Crippen MR) is 76.7 cm³/mol. The zero-order valence-electron chi connectivity index (χ0n) is 11.8. The van der Waals surface area contributed by atoms with Gasteiger partial charge in [-0.15, -0.1) is 17.7 Å². The van der Waals surface area contributed by atoms with E-state index in [0.717, 1.165) is 24.8 Å². The second-order valence-electron chi connectivity index (χ2n) is 4.08. The van der Waals surface area contributed by atoms with Gasteiger partial charge in [0.15, 0.2) is 0 Å². The molecular weight excluding hydrogens is 325 g/mol. The third-order valence-corrected chi connectivity index (χ3v) is 2.66. The quantitative estimate of drug-likeness (QED) is 0.498. The maximum absolute atomic E-state index is 6.60. The van der Waals surface area contributed by atoms with E-state index in [0.29, 0.717) is 6.54 Å². The molecule has 0 spiro atoms. The fourth-order valence-electron chi connectivity index (χ4n) is 1.66. The van der Waals surface area contributed by atoms with Crippen molar-refractivity contribution in [3.63, 3.8) is 0 Å². The number of unbranched alkanes of at least 4 members (excludes halogenated alkanes) is 1. The molecule has 0 atom stereocenters. The Kier molecular flexibility index (Phi) is 18.9. The van der Waals surface area contributed by atoms with Gasteiger partial charge in [0.25, 0.3) is 0 Å². The fraction of sp³-hybridized carbons (Fsp3) is 0.312. The molecule has 1 aromatic carbocycles. The molecule has 0 unspecified atom stereocenters. The van der Waals surface area contributed by atoms with Crippen molar-refractivity contribution in [3.8, 4) is 0 Å². The molecule has 0 aromatic heterocycles. The first kappa shape index (κ1) is 24.8. The van der Waals surface area contributed by atoms with Crippen molar-refractivity contribution in [2.45, 2.75) is 26.2 Å². The zero-order chi connectivity index (χ0) is 12.5. The molecule has 110 valence electrons. The van der Waals surface area contributed by atoms with Gasteiger partial charge in [-0.05, 0) is 6.42 Å². The van der Waals surface area contributed by atoms with Crippen molar-refractivity contribution >= 4 is 5.57 Å². The van der Waals surface area contributed by atoms with E-state index in [1.165, 1.54) is 11.1 Å². The topological polar surface area (TPSA) is 23.8 Å². The SMILES string of the molecule is CCCC[NH-].[CH2-]c1ccccc1C1=CC=CC1.[Cl-].[Cl-].[Ti+2]. The van der Waals surface area contributed by atoms with Gasteiger partial charge in [0.1, 0.15) is 0 Å². The standard InChI is InChI=1S/C12H11.C4H10N.2ClH.Ti/c1-10-6-2-5-9-12(10)11-7-3-4-8-11;1-2-3-4-5;;;/h2-7,9H,1,8H2;5H,2-4H2,1H3;2*1H;/q2*-1;;;+2/p-2. The first-order valence-electron chi connectivity index (χ1n) is 6.21. The van der Waals surface area contributed by atoms with E-state index < -0.39 is 0 Å². The number of allylic oxidation sites excluding steroid dienone is 4. The molecular formula is C16H21Cl2NTi-2. The van der Waals surface area contributed by atoms with Gasteiger partial charge in [0.05, 0.1) is 0 Å². The molecule has 1 aromatic rings. The monoisotopic (exact) mass is 345 g/mol. The van der Waals surface area contributed by atoms with E-state index in [1.807, 2.05) is 6.07 Å². The summed E-state index contributed by atoms with van der Waals surface area (Å²) < 4.78 is 0. The van der Waals surface area contributed by atoms with Crippen LogP contribution >= 0.6 is 0 Å². The largest absolute Gasteiger partial charge is 2.00 e. The van der Waals surface area contributed by atoms with Gasteiger partial charge >= 0.3 is 21.7 Å². The Morgan fingerprint density at radius 2 is 1.85 bits per heavy atom. The minimum absolute atomic E-state index is 0. The summed E-state index contributed by atoms with van der Waals surface area (Å²) in [5.74, 6) is 0. The minimum Gasteiger partial charge on any atom is -1.00 e. The first-order chi connectivity index (χ1) is 8.29. The molecule has 2 rings (SSSR count). The number of benzene rings is 1. The number of hydrogen-bond acceptors (Lipinski definition) is 0. The summed E-state index contributed by atoms with van der Waals surface area (Å²) in [6, 6.07) is 8.26. The van der Waals surface area contributed by atoms with E-state index >= 15 is 0 Å². The molecule has 0 heterocycles. The van der Waals surface area contributed by atoms with Crippen LogP contribution in [-0.4, -0.2) is 6.54 Å². The van der Waals surface area contributed by atoms with Crippen molar-refractivity contribution < 1.29 is 46.5 Å². The summed E-state index contributed by atoms with van der Waals surface area (Å²) in [7, 11) is 0. The number of halogens is 2. The van der Waals surface area contributed by atoms with Crippen LogP contribution in [0.2, 0.25) is 0 Å². The van der Waals surface area contributed by atoms with Crippen LogP contribution in [0, 0.1) is 6.92 Å². The van der Waals surface area contributed by atoms with E-state index in [9.17, 15) is 0 Å². The summed E-state index contributed by atoms with van der Waals surface area (Å²) in [4.78, 5) is 0. The molecule has 1 N–H and O–H groups in total. The van der Waals surface area contributed by atoms with Crippen molar-refractivity contribution in [1.82, 2.24) is 0 Å². The van der Waals surface area contributed by atoms with Crippen LogP contribution in [-0.2, 0) is 21.7 Å². The molecule has 0 bridgehead atoms. The number of nitrogens with one attached hydrogen (secondary N) is 1. The van der Waals surface area contributed by atoms with Crippen molar-refractivity contribution in [2.75, 3.05) is 6.54 Å². The van der Waals surface area contributed by atoms with Crippen LogP contribution < -0.4 is 24.8 Å². The van der Waals surface area contributed by atoms with Gasteiger partial charge < -0.3 is 30.5 Å². The summed E-state index contributed by atoms with van der Waals surface area (Å²) in [6.45, 7) is 6.68. The van der Waals surface area contributed by atoms with Crippen LogP contribution in [0.15, 0.2) is 42.5 Å². The van der Waals surface area contributed by atoms with Crippen molar-refractivity contribution in [1.29, 1.82) is 0 Å². The van der Waals surface area contributed by atoms with Crippen LogP contribution in [0.25, 0.3) is 11.3 Å². The van der Waals surface area contributed by atoms with Crippen LogP contribution in [0.1, 0.15) is 37.3 Å². The Balaban J connectivity index is -0.000000322. The van der Waals surface area contributed by atoms with Crippen molar-refractivity contribution in [2.24, 2.45) is 0 Å². The molecule has 0 saturated carbocycles. The van der Waals surface area contributed by atoms with Gasteiger partial charge in [-0.3, -0.25) is 0 Å². The van der Waals surface area contributed by atoms with Gasteiger partial charge in [-0.25, -0.2) is 0 Å². The molecule has 0 saturated heterocycles. The summed E-state index contributed by atoms with van der Waals surface area (Å²) in [5, 5.41) is 0. The Morgan fingerprint density at radius 3 is 2.25 bits per heavy atom. The third kappa shape index (κ3) is 8.89. The average molecular weight is 346 g/mol. The van der Waals surface area contributed by atoms with Crippen LogP contribution in [0.5, 0.6) is 0 Å². The van der Waals surface area contributed by atoms with E-state index in [2.05, 4.69) is 50.3 Å². The van der Waals surface area contributed by atoms with Gasteiger partial charge in [-0.1, -0.05) is 49.6 Å². The smallest absolute Gasteiger partial charge is 1.00 e. The maximum atomic E-state index is 6.60. The molecule has 1 aliphatic carbocycles. The molecule has 1 aliphatic rings. The maximum Gasteiger partial charge on any atom is 2.00 e. The van der Waals surface area contributed by atoms with Gasteiger partial charge in [0.2, 0.25) is 0 Å². The molecule has 0 aliphatic heterocycles. The summed E-state index contributed by atoms with van der Waals surface area (Å²) in [5.41, 5.74) is 10.4. The Labute approximate surface area is 150 Å². The first-order valence-corrected chi connectivity index (χ1v) is 6.21. The second-order valence-corrected chi connectivity index (χ2v) is 4.08. The van der Waals surface area contributed by atoms with Crippen molar-refractivity contribution in [3.05, 3.63) is 66.3 Å². The van der Waals surface area contributed by atoms with Gasteiger partial charge in [0, 0.05) is 0 Å². The Morgan fingerprint density at radius 1 is 1.20 bits per heavy atom. The Bertz CT molecular complexity index is 401. The van der Waals surface area contributed by atoms with Crippen LogP contribution in [0.3, 0.4) is 0 Å².